The molecule has 0 aromatic heterocycles. The molecule has 3 heterocycles. The van der Waals surface area contributed by atoms with E-state index in [4.69, 9.17) is 4.55 Å². The summed E-state index contributed by atoms with van der Waals surface area (Å²) in [7, 11) is -4.84. The van der Waals surface area contributed by atoms with Gasteiger partial charge in [-0.3, -0.25) is 25.0 Å². The van der Waals surface area contributed by atoms with E-state index in [1.807, 2.05) is 0 Å². The molecule has 4 amide bonds. The SMILES string of the molecule is O=C(CC1CCCNC1)NNC(=O)[C@@H]1CCC2CN1C(=O)N2OS(=O)(=O)O. The van der Waals surface area contributed by atoms with Crippen LogP contribution in [-0.2, 0) is 24.3 Å². The summed E-state index contributed by atoms with van der Waals surface area (Å²) in [6.07, 6.45) is 2.84. The van der Waals surface area contributed by atoms with Gasteiger partial charge in [-0.1, -0.05) is 0 Å². The minimum absolute atomic E-state index is 0.0914. The van der Waals surface area contributed by atoms with Crippen LogP contribution in [0.5, 0.6) is 0 Å². The van der Waals surface area contributed by atoms with E-state index in [0.717, 1.165) is 30.8 Å². The first-order valence-electron chi connectivity index (χ1n) is 8.81. The summed E-state index contributed by atoms with van der Waals surface area (Å²) in [6.45, 7) is 1.80. The molecule has 0 spiro atoms. The molecule has 2 unspecified atom stereocenters. The second kappa shape index (κ2) is 7.96. The Morgan fingerprint density at radius 3 is 2.70 bits per heavy atom. The van der Waals surface area contributed by atoms with Gasteiger partial charge in [0.05, 0.1) is 6.04 Å². The zero-order chi connectivity index (χ0) is 19.6. The van der Waals surface area contributed by atoms with Crippen LogP contribution in [0.2, 0.25) is 0 Å². The molecule has 27 heavy (non-hydrogen) atoms. The number of amides is 4. The Balaban J connectivity index is 1.50. The maximum atomic E-state index is 12.4. The van der Waals surface area contributed by atoms with E-state index in [1.54, 1.807) is 0 Å². The molecule has 12 nitrogen and oxygen atoms in total. The summed E-state index contributed by atoms with van der Waals surface area (Å²) in [5.41, 5.74) is 4.69. The molecule has 13 heteroatoms. The number of piperidine rings is 2. The van der Waals surface area contributed by atoms with E-state index in [1.165, 1.54) is 0 Å². The van der Waals surface area contributed by atoms with Crippen molar-refractivity contribution in [3.63, 3.8) is 0 Å². The summed E-state index contributed by atoms with van der Waals surface area (Å²) in [4.78, 5) is 37.8. The van der Waals surface area contributed by atoms with Crippen LogP contribution >= 0.6 is 0 Å². The molecular weight excluding hydrogens is 382 g/mol. The third-order valence-corrected chi connectivity index (χ3v) is 5.35. The van der Waals surface area contributed by atoms with Crippen LogP contribution < -0.4 is 16.2 Å². The minimum Gasteiger partial charge on any atom is -0.316 e. The molecule has 3 saturated heterocycles. The third kappa shape index (κ3) is 4.86. The van der Waals surface area contributed by atoms with Crippen molar-refractivity contribution in [2.75, 3.05) is 19.6 Å². The molecule has 0 saturated carbocycles. The normalized spacial score (nSPS) is 28.2. The van der Waals surface area contributed by atoms with E-state index in [-0.39, 0.29) is 24.8 Å². The Morgan fingerprint density at radius 2 is 2.04 bits per heavy atom. The van der Waals surface area contributed by atoms with Crippen molar-refractivity contribution in [2.45, 2.75) is 44.2 Å². The highest BCUT2D eigenvalue weighted by atomic mass is 32.3. The third-order valence-electron chi connectivity index (χ3n) is 5.00. The number of hydroxylamine groups is 2. The topological polar surface area (TPSA) is 157 Å². The lowest BCUT2D eigenvalue weighted by Gasteiger charge is -2.29. The van der Waals surface area contributed by atoms with Gasteiger partial charge in [0.25, 0.3) is 5.91 Å². The number of hydrazine groups is 1. The van der Waals surface area contributed by atoms with E-state index >= 15 is 0 Å². The Kier molecular flexibility index (Phi) is 5.83. The quantitative estimate of drug-likeness (QED) is 0.319. The van der Waals surface area contributed by atoms with Crippen molar-refractivity contribution in [1.29, 1.82) is 0 Å². The zero-order valence-electron chi connectivity index (χ0n) is 14.6. The van der Waals surface area contributed by atoms with Crippen LogP contribution in [0.4, 0.5) is 4.79 Å². The number of carbonyl (C=O) groups is 3. The molecule has 4 N–H and O–H groups in total. The molecule has 0 radical (unpaired) electrons. The molecule has 152 valence electrons. The molecule has 2 bridgehead atoms. The highest BCUT2D eigenvalue weighted by molar-refractivity contribution is 7.80. The van der Waals surface area contributed by atoms with E-state index in [0.29, 0.717) is 17.9 Å². The van der Waals surface area contributed by atoms with Crippen LogP contribution in [-0.4, -0.2) is 72.5 Å². The predicted octanol–water partition coefficient (Wildman–Crippen LogP) is -1.47. The largest absolute Gasteiger partial charge is 0.418 e. The Bertz CT molecular complexity index is 709. The van der Waals surface area contributed by atoms with Gasteiger partial charge in [0.1, 0.15) is 6.04 Å². The van der Waals surface area contributed by atoms with Gasteiger partial charge >= 0.3 is 16.4 Å². The zero-order valence-corrected chi connectivity index (χ0v) is 15.4. The maximum Gasteiger partial charge on any atom is 0.418 e. The number of hydrogen-bond acceptors (Lipinski definition) is 7. The number of rotatable bonds is 5. The van der Waals surface area contributed by atoms with Crippen LogP contribution in [0.3, 0.4) is 0 Å². The van der Waals surface area contributed by atoms with Gasteiger partial charge in [0.15, 0.2) is 0 Å². The molecular formula is C14H23N5O7S. The highest BCUT2D eigenvalue weighted by Crippen LogP contribution is 2.30. The fourth-order valence-electron chi connectivity index (χ4n) is 3.73. The second-order valence-corrected chi connectivity index (χ2v) is 7.97. The lowest BCUT2D eigenvalue weighted by Crippen LogP contribution is -2.54. The van der Waals surface area contributed by atoms with Gasteiger partial charge < -0.3 is 10.2 Å². The van der Waals surface area contributed by atoms with Crippen molar-refractivity contribution in [3.8, 4) is 0 Å². The minimum atomic E-state index is -4.84. The lowest BCUT2D eigenvalue weighted by atomic mass is 9.96. The number of nitrogens with zero attached hydrogens (tertiary/aromatic N) is 2. The first-order valence-corrected chi connectivity index (χ1v) is 10.2. The number of carbonyl (C=O) groups excluding carboxylic acids is 3. The number of hydrogen-bond donors (Lipinski definition) is 4. The summed E-state index contributed by atoms with van der Waals surface area (Å²) in [5.74, 6) is -0.655. The van der Waals surface area contributed by atoms with Gasteiger partial charge in [0.2, 0.25) is 5.91 Å². The summed E-state index contributed by atoms with van der Waals surface area (Å²) < 4.78 is 34.8. The van der Waals surface area contributed by atoms with Gasteiger partial charge in [-0.05, 0) is 44.7 Å². The summed E-state index contributed by atoms with van der Waals surface area (Å²) in [6, 6.07) is -2.26. The lowest BCUT2D eigenvalue weighted by molar-refractivity contribution is -0.132. The van der Waals surface area contributed by atoms with Crippen molar-refractivity contribution in [1.82, 2.24) is 26.1 Å². The molecule has 3 fully saturated rings. The second-order valence-electron chi connectivity index (χ2n) is 6.96. The van der Waals surface area contributed by atoms with Crippen LogP contribution in [0.25, 0.3) is 0 Å². The van der Waals surface area contributed by atoms with Gasteiger partial charge in [0, 0.05) is 13.0 Å². The Hall–Kier alpha value is -1.96. The van der Waals surface area contributed by atoms with Crippen LogP contribution in [0, 0.1) is 5.92 Å². The highest BCUT2D eigenvalue weighted by Gasteiger charge is 2.49. The molecule has 3 rings (SSSR count). The van der Waals surface area contributed by atoms with Crippen molar-refractivity contribution >= 4 is 28.2 Å². The first kappa shape index (κ1) is 19.8. The molecule has 0 aliphatic carbocycles. The van der Waals surface area contributed by atoms with E-state index < -0.39 is 34.4 Å². The Morgan fingerprint density at radius 1 is 1.26 bits per heavy atom. The molecule has 0 aromatic carbocycles. The number of nitrogens with one attached hydrogen (secondary N) is 3. The monoisotopic (exact) mass is 405 g/mol. The van der Waals surface area contributed by atoms with Crippen LogP contribution in [0.15, 0.2) is 0 Å². The summed E-state index contributed by atoms with van der Waals surface area (Å²) in [5, 5.41) is 3.78. The number of fused-ring (bicyclic) bond motifs is 2. The standard InChI is InChI=1S/C14H23N5O7S/c20-12(6-9-2-1-5-15-7-9)16-17-13(21)11-4-3-10-8-18(11)14(22)19(10)26-27(23,24)25/h9-11,15H,1-8H2,(H,16,20)(H,17,21)(H,23,24,25)/t9?,10?,11-/m0/s1. The maximum absolute atomic E-state index is 12.4. The van der Waals surface area contributed by atoms with Crippen LogP contribution in [0.1, 0.15) is 32.1 Å². The molecule has 0 aromatic rings. The molecule has 3 aliphatic heterocycles. The first-order chi connectivity index (χ1) is 12.7. The average molecular weight is 405 g/mol. The average Bonchev–Trinajstić information content (AvgIpc) is 2.84. The van der Waals surface area contributed by atoms with Gasteiger partial charge in [-0.15, -0.1) is 4.28 Å². The van der Waals surface area contributed by atoms with E-state index in [9.17, 15) is 22.8 Å². The predicted molar refractivity (Wildman–Crippen MR) is 89.9 cm³/mol. The van der Waals surface area contributed by atoms with Gasteiger partial charge in [-0.25, -0.2) is 4.79 Å². The fourth-order valence-corrected chi connectivity index (χ4v) is 4.12. The number of urea groups is 1. The summed E-state index contributed by atoms with van der Waals surface area (Å²) >= 11 is 0. The molecule has 3 atom stereocenters. The van der Waals surface area contributed by atoms with Crippen molar-refractivity contribution < 1.29 is 31.6 Å². The van der Waals surface area contributed by atoms with Gasteiger partial charge in [-0.2, -0.15) is 13.5 Å². The fraction of sp³-hybridized carbons (Fsp3) is 0.786. The van der Waals surface area contributed by atoms with E-state index in [2.05, 4.69) is 20.5 Å². The smallest absolute Gasteiger partial charge is 0.316 e. The molecule has 3 aliphatic rings. The van der Waals surface area contributed by atoms with Crippen molar-refractivity contribution in [3.05, 3.63) is 0 Å². The Labute approximate surface area is 156 Å². The van der Waals surface area contributed by atoms with Crippen molar-refractivity contribution in [2.24, 2.45) is 5.92 Å².